The van der Waals surface area contributed by atoms with E-state index in [-0.39, 0.29) is 6.03 Å². The molecule has 0 radical (unpaired) electrons. The van der Waals surface area contributed by atoms with Gasteiger partial charge >= 0.3 is 6.03 Å². The Bertz CT molecular complexity index is 1280. The van der Waals surface area contributed by atoms with Crippen molar-refractivity contribution < 1.29 is 14.3 Å². The topological polar surface area (TPSA) is 148 Å². The molecule has 4 rings (SSSR count). The van der Waals surface area contributed by atoms with E-state index in [2.05, 4.69) is 20.6 Å². The van der Waals surface area contributed by atoms with Crippen molar-refractivity contribution in [2.45, 2.75) is 6.54 Å². The van der Waals surface area contributed by atoms with Crippen molar-refractivity contribution in [1.82, 2.24) is 9.97 Å². The zero-order valence-electron chi connectivity index (χ0n) is 17.5. The van der Waals surface area contributed by atoms with Gasteiger partial charge in [0.25, 0.3) is 0 Å². The SMILES string of the molecule is NCc1cccc(NC(=O)Nc2ccc(Oc3ccnc(-c4cc(C(N)=O)c[nH]4)c3)cc2)c1. The van der Waals surface area contributed by atoms with Gasteiger partial charge in [0.15, 0.2) is 0 Å². The Balaban J connectivity index is 1.38. The fourth-order valence-corrected chi connectivity index (χ4v) is 3.12. The summed E-state index contributed by atoms with van der Waals surface area (Å²) in [5, 5.41) is 5.55. The second kappa shape index (κ2) is 9.67. The first kappa shape index (κ1) is 21.6. The van der Waals surface area contributed by atoms with Crippen LogP contribution in [0.4, 0.5) is 16.2 Å². The molecule has 0 bridgehead atoms. The molecule has 9 nitrogen and oxygen atoms in total. The number of primary amides is 1. The molecular weight excluding hydrogens is 420 g/mol. The van der Waals surface area contributed by atoms with Gasteiger partial charge in [-0.3, -0.25) is 9.78 Å². The van der Waals surface area contributed by atoms with Crippen LogP contribution >= 0.6 is 0 Å². The van der Waals surface area contributed by atoms with Crippen LogP contribution in [-0.4, -0.2) is 21.9 Å². The maximum absolute atomic E-state index is 12.2. The highest BCUT2D eigenvalue weighted by molar-refractivity contribution is 5.99. The maximum atomic E-state index is 12.2. The highest BCUT2D eigenvalue weighted by Gasteiger charge is 2.09. The lowest BCUT2D eigenvalue weighted by molar-refractivity contribution is 0.100. The number of benzene rings is 2. The van der Waals surface area contributed by atoms with Crippen molar-refractivity contribution in [3.05, 3.63) is 90.3 Å². The fraction of sp³-hybridized carbons (Fsp3) is 0.0417. The van der Waals surface area contributed by atoms with Crippen LogP contribution in [0.3, 0.4) is 0 Å². The third kappa shape index (κ3) is 5.54. The number of carbonyl (C=O) groups excluding carboxylic acids is 2. The standard InChI is InChI=1S/C24H22N6O3/c25-13-15-2-1-3-18(10-15)30-24(32)29-17-4-6-19(7-5-17)33-20-8-9-27-22(12-20)21-11-16(14-28-21)23(26)31/h1-12,14,28H,13,25H2,(H2,26,31)(H2,29,30,32). The van der Waals surface area contributed by atoms with Gasteiger partial charge in [0, 0.05) is 36.4 Å². The molecule has 2 aromatic carbocycles. The van der Waals surface area contributed by atoms with Gasteiger partial charge in [0.05, 0.1) is 17.0 Å². The first-order valence-corrected chi connectivity index (χ1v) is 10.1. The number of hydrogen-bond acceptors (Lipinski definition) is 5. The Morgan fingerprint density at radius 2 is 1.73 bits per heavy atom. The Labute approximate surface area is 189 Å². The molecule has 33 heavy (non-hydrogen) atoms. The molecule has 0 fully saturated rings. The highest BCUT2D eigenvalue weighted by atomic mass is 16.5. The lowest BCUT2D eigenvalue weighted by atomic mass is 10.2. The third-order valence-electron chi connectivity index (χ3n) is 4.74. The lowest BCUT2D eigenvalue weighted by Crippen LogP contribution is -2.19. The minimum atomic E-state index is -0.517. The molecule has 0 atom stereocenters. The summed E-state index contributed by atoms with van der Waals surface area (Å²) in [6, 6.07) is 19.0. The summed E-state index contributed by atoms with van der Waals surface area (Å²) in [7, 11) is 0. The van der Waals surface area contributed by atoms with Crippen LogP contribution < -0.4 is 26.8 Å². The van der Waals surface area contributed by atoms with Gasteiger partial charge in [-0.25, -0.2) is 4.79 Å². The van der Waals surface area contributed by atoms with Crippen molar-refractivity contribution in [2.75, 3.05) is 10.6 Å². The average molecular weight is 442 g/mol. The number of ether oxygens (including phenoxy) is 1. The van der Waals surface area contributed by atoms with E-state index in [1.807, 2.05) is 18.2 Å². The second-order valence-corrected chi connectivity index (χ2v) is 7.15. The van der Waals surface area contributed by atoms with Gasteiger partial charge in [-0.05, 0) is 54.1 Å². The molecule has 0 saturated heterocycles. The molecule has 3 amide bonds. The predicted octanol–water partition coefficient (Wildman–Crippen LogP) is 4.07. The Morgan fingerprint density at radius 1 is 0.939 bits per heavy atom. The van der Waals surface area contributed by atoms with Gasteiger partial charge in [-0.15, -0.1) is 0 Å². The Morgan fingerprint density at radius 3 is 2.45 bits per heavy atom. The zero-order valence-corrected chi connectivity index (χ0v) is 17.5. The third-order valence-corrected chi connectivity index (χ3v) is 4.74. The number of amides is 3. The number of anilines is 2. The van der Waals surface area contributed by atoms with Gasteiger partial charge in [-0.1, -0.05) is 12.1 Å². The Kier molecular flexibility index (Phi) is 6.33. The Hall–Kier alpha value is -4.63. The van der Waals surface area contributed by atoms with E-state index in [1.54, 1.807) is 54.7 Å². The largest absolute Gasteiger partial charge is 0.457 e. The molecule has 166 valence electrons. The van der Waals surface area contributed by atoms with Crippen LogP contribution in [0, 0.1) is 0 Å². The molecule has 2 heterocycles. The van der Waals surface area contributed by atoms with Crippen molar-refractivity contribution in [1.29, 1.82) is 0 Å². The van der Waals surface area contributed by atoms with E-state index >= 15 is 0 Å². The van der Waals surface area contributed by atoms with Gasteiger partial charge in [-0.2, -0.15) is 0 Å². The van der Waals surface area contributed by atoms with Gasteiger partial charge < -0.3 is 31.8 Å². The zero-order chi connectivity index (χ0) is 23.2. The quantitative estimate of drug-likeness (QED) is 0.293. The van der Waals surface area contributed by atoms with E-state index in [9.17, 15) is 9.59 Å². The number of nitrogens with two attached hydrogens (primary N) is 2. The van der Waals surface area contributed by atoms with Gasteiger partial charge in [0.1, 0.15) is 11.5 Å². The smallest absolute Gasteiger partial charge is 0.323 e. The molecule has 0 aliphatic carbocycles. The molecule has 2 aromatic heterocycles. The first-order valence-electron chi connectivity index (χ1n) is 10.1. The summed E-state index contributed by atoms with van der Waals surface area (Å²) in [5.74, 6) is 0.628. The van der Waals surface area contributed by atoms with Crippen molar-refractivity contribution in [2.24, 2.45) is 11.5 Å². The van der Waals surface area contributed by atoms with Crippen molar-refractivity contribution in [3.8, 4) is 22.9 Å². The summed E-state index contributed by atoms with van der Waals surface area (Å²) >= 11 is 0. The first-order chi connectivity index (χ1) is 16.0. The monoisotopic (exact) mass is 442 g/mol. The van der Waals surface area contributed by atoms with Crippen LogP contribution in [0.15, 0.2) is 79.1 Å². The number of nitrogens with zero attached hydrogens (tertiary/aromatic N) is 1. The maximum Gasteiger partial charge on any atom is 0.323 e. The van der Waals surface area contributed by atoms with Crippen LogP contribution in [0.25, 0.3) is 11.4 Å². The molecule has 0 spiro atoms. The minimum absolute atomic E-state index is 0.363. The molecular formula is C24H22N6O3. The molecule has 9 heteroatoms. The van der Waals surface area contributed by atoms with E-state index in [0.29, 0.717) is 46.4 Å². The summed E-state index contributed by atoms with van der Waals surface area (Å²) in [4.78, 5) is 30.8. The molecule has 0 aliphatic heterocycles. The van der Waals surface area contributed by atoms with Crippen LogP contribution in [-0.2, 0) is 6.54 Å². The van der Waals surface area contributed by atoms with Crippen molar-refractivity contribution >= 4 is 23.3 Å². The number of aromatic nitrogens is 2. The summed E-state index contributed by atoms with van der Waals surface area (Å²) in [6.45, 7) is 0.400. The van der Waals surface area contributed by atoms with Crippen molar-refractivity contribution in [3.63, 3.8) is 0 Å². The van der Waals surface area contributed by atoms with Crippen LogP contribution in [0.1, 0.15) is 15.9 Å². The number of urea groups is 1. The molecule has 4 aromatic rings. The van der Waals surface area contributed by atoms with Crippen LogP contribution in [0.2, 0.25) is 0 Å². The summed E-state index contributed by atoms with van der Waals surface area (Å²) < 4.78 is 5.89. The van der Waals surface area contributed by atoms with E-state index in [1.165, 1.54) is 6.20 Å². The number of H-pyrrole nitrogens is 1. The number of aromatic amines is 1. The average Bonchev–Trinajstić information content (AvgIpc) is 3.32. The summed E-state index contributed by atoms with van der Waals surface area (Å²) in [5.41, 5.74) is 14.7. The molecule has 0 unspecified atom stereocenters. The van der Waals surface area contributed by atoms with E-state index in [4.69, 9.17) is 16.2 Å². The fourth-order valence-electron chi connectivity index (χ4n) is 3.12. The molecule has 0 saturated carbocycles. The van der Waals surface area contributed by atoms with E-state index < -0.39 is 5.91 Å². The number of pyridine rings is 1. The second-order valence-electron chi connectivity index (χ2n) is 7.15. The normalized spacial score (nSPS) is 10.5. The van der Waals surface area contributed by atoms with Crippen LogP contribution in [0.5, 0.6) is 11.5 Å². The van der Waals surface area contributed by atoms with E-state index in [0.717, 1.165) is 5.56 Å². The van der Waals surface area contributed by atoms with Gasteiger partial charge in [0.2, 0.25) is 5.91 Å². The number of nitrogens with one attached hydrogen (secondary N) is 3. The predicted molar refractivity (Wildman–Crippen MR) is 126 cm³/mol. The lowest BCUT2D eigenvalue weighted by Gasteiger charge is -2.10. The molecule has 7 N–H and O–H groups in total. The highest BCUT2D eigenvalue weighted by Crippen LogP contribution is 2.26. The molecule has 0 aliphatic rings. The minimum Gasteiger partial charge on any atom is -0.457 e. The number of carbonyl (C=O) groups is 2. The summed E-state index contributed by atoms with van der Waals surface area (Å²) in [6.07, 6.45) is 3.14. The number of hydrogen-bond donors (Lipinski definition) is 5. The number of rotatable bonds is 7.